The van der Waals surface area contributed by atoms with Gasteiger partial charge in [0.25, 0.3) is 5.91 Å². The number of nitrogens with zero attached hydrogens (tertiary/aromatic N) is 2. The Kier molecular flexibility index (Phi) is 6.37. The second-order valence-electron chi connectivity index (χ2n) is 6.30. The Bertz CT molecular complexity index is 1060. The number of carbonyl (C=O) groups is 1. The van der Waals surface area contributed by atoms with Crippen molar-refractivity contribution >= 4 is 66.5 Å². The van der Waals surface area contributed by atoms with Crippen LogP contribution in [0, 0.1) is 0 Å². The normalized spacial score (nSPS) is 16.9. The van der Waals surface area contributed by atoms with Crippen molar-refractivity contribution in [2.24, 2.45) is 4.99 Å². The highest BCUT2D eigenvalue weighted by atomic mass is 79.9. The highest BCUT2D eigenvalue weighted by Crippen LogP contribution is 2.36. The molecule has 4 nitrogen and oxygen atoms in total. The van der Waals surface area contributed by atoms with Crippen molar-refractivity contribution in [3.05, 3.63) is 92.1 Å². The molecule has 1 aliphatic heterocycles. The Morgan fingerprint density at radius 1 is 1.03 bits per heavy atom. The van der Waals surface area contributed by atoms with Gasteiger partial charge < -0.3 is 4.42 Å². The van der Waals surface area contributed by atoms with Gasteiger partial charge in [0.05, 0.1) is 15.1 Å². The SMILES string of the molecule is O=C1/C(=C/c2cc(Br)c(Br)o2)SC(=Nc2ccccc2)N1CCc1ccccc1. The standard InChI is InChI=1S/C22H16Br2N2O2S/c23-18-13-17(28-20(18)24)14-19-21(27)26(12-11-15-7-3-1-4-8-15)22(29-19)25-16-9-5-2-6-10-16/h1-10,13-14H,11-12H2/b19-14-,25-22?. The molecule has 1 aromatic heterocycles. The lowest BCUT2D eigenvalue weighted by molar-refractivity contribution is -0.122. The van der Waals surface area contributed by atoms with Crippen molar-refractivity contribution in [3.8, 4) is 0 Å². The van der Waals surface area contributed by atoms with Gasteiger partial charge in [0, 0.05) is 12.6 Å². The zero-order valence-corrected chi connectivity index (χ0v) is 19.2. The molecular weight excluding hydrogens is 516 g/mol. The number of rotatable bonds is 5. The summed E-state index contributed by atoms with van der Waals surface area (Å²) < 4.78 is 7.01. The van der Waals surface area contributed by atoms with Gasteiger partial charge in [-0.2, -0.15) is 0 Å². The van der Waals surface area contributed by atoms with E-state index in [1.807, 2.05) is 54.6 Å². The van der Waals surface area contributed by atoms with Gasteiger partial charge in [-0.3, -0.25) is 9.69 Å². The van der Waals surface area contributed by atoms with Crippen molar-refractivity contribution in [1.82, 2.24) is 4.90 Å². The van der Waals surface area contributed by atoms with Crippen LogP contribution >= 0.6 is 43.6 Å². The number of halogens is 2. The van der Waals surface area contributed by atoms with E-state index in [0.717, 1.165) is 16.6 Å². The first-order valence-electron chi connectivity index (χ1n) is 8.94. The quantitative estimate of drug-likeness (QED) is 0.346. The number of thioether (sulfide) groups is 1. The molecule has 4 rings (SSSR count). The summed E-state index contributed by atoms with van der Waals surface area (Å²) in [4.78, 5) is 20.2. The molecule has 0 aliphatic carbocycles. The summed E-state index contributed by atoms with van der Waals surface area (Å²) in [6.45, 7) is 0.560. The Balaban J connectivity index is 1.63. The lowest BCUT2D eigenvalue weighted by Crippen LogP contribution is -2.31. The highest BCUT2D eigenvalue weighted by molar-refractivity contribution is 9.13. The predicted molar refractivity (Wildman–Crippen MR) is 125 cm³/mol. The third-order valence-electron chi connectivity index (χ3n) is 4.27. The van der Waals surface area contributed by atoms with E-state index in [-0.39, 0.29) is 5.91 Å². The zero-order chi connectivity index (χ0) is 20.2. The van der Waals surface area contributed by atoms with Gasteiger partial charge >= 0.3 is 0 Å². The van der Waals surface area contributed by atoms with Crippen molar-refractivity contribution in [3.63, 3.8) is 0 Å². The Morgan fingerprint density at radius 2 is 1.72 bits per heavy atom. The molecule has 0 bridgehead atoms. The van der Waals surface area contributed by atoms with Crippen molar-refractivity contribution in [1.29, 1.82) is 0 Å². The highest BCUT2D eigenvalue weighted by Gasteiger charge is 2.33. The Labute approximate surface area is 190 Å². The maximum Gasteiger partial charge on any atom is 0.266 e. The molecular formula is C22H16Br2N2O2S. The summed E-state index contributed by atoms with van der Waals surface area (Å²) in [6.07, 6.45) is 2.51. The molecule has 2 aromatic carbocycles. The number of hydrogen-bond acceptors (Lipinski definition) is 4. The fraction of sp³-hybridized carbons (Fsp3) is 0.0909. The fourth-order valence-electron chi connectivity index (χ4n) is 2.85. The zero-order valence-electron chi connectivity index (χ0n) is 15.2. The summed E-state index contributed by atoms with van der Waals surface area (Å²) >= 11 is 8.10. The number of carbonyl (C=O) groups excluding carboxylic acids is 1. The maximum absolute atomic E-state index is 13.1. The minimum Gasteiger partial charge on any atom is -0.449 e. The lowest BCUT2D eigenvalue weighted by Gasteiger charge is -2.15. The first kappa shape index (κ1) is 20.2. The second-order valence-corrected chi connectivity index (χ2v) is 8.89. The molecule has 2 heterocycles. The second kappa shape index (κ2) is 9.15. The topological polar surface area (TPSA) is 45.8 Å². The van der Waals surface area contributed by atoms with Gasteiger partial charge in [0.2, 0.25) is 0 Å². The molecule has 0 saturated carbocycles. The van der Waals surface area contributed by atoms with E-state index < -0.39 is 0 Å². The molecule has 7 heteroatoms. The van der Waals surface area contributed by atoms with E-state index >= 15 is 0 Å². The molecule has 0 spiro atoms. The number of hydrogen-bond donors (Lipinski definition) is 0. The number of para-hydroxylation sites is 1. The molecule has 0 unspecified atom stereocenters. The third kappa shape index (κ3) is 4.91. The maximum atomic E-state index is 13.1. The van der Waals surface area contributed by atoms with Crippen LogP contribution in [0.3, 0.4) is 0 Å². The van der Waals surface area contributed by atoms with E-state index in [9.17, 15) is 4.79 Å². The van der Waals surface area contributed by atoms with Gasteiger partial charge in [-0.25, -0.2) is 4.99 Å². The van der Waals surface area contributed by atoms with Crippen LogP contribution in [0.15, 0.2) is 90.2 Å². The number of benzene rings is 2. The van der Waals surface area contributed by atoms with Crippen LogP contribution in [0.2, 0.25) is 0 Å². The van der Waals surface area contributed by atoms with Crippen LogP contribution in [0.1, 0.15) is 11.3 Å². The van der Waals surface area contributed by atoms with Gasteiger partial charge in [-0.05, 0) is 73.8 Å². The summed E-state index contributed by atoms with van der Waals surface area (Å²) in [6, 6.07) is 21.6. The molecule has 3 aromatic rings. The number of aliphatic imine (C=N–C) groups is 1. The number of amides is 1. The molecule has 0 N–H and O–H groups in total. The van der Waals surface area contributed by atoms with Gasteiger partial charge in [0.15, 0.2) is 9.84 Å². The molecule has 0 atom stereocenters. The van der Waals surface area contributed by atoms with Crippen molar-refractivity contribution in [2.75, 3.05) is 6.54 Å². The summed E-state index contributed by atoms with van der Waals surface area (Å²) in [7, 11) is 0. The average molecular weight is 532 g/mol. The van der Waals surface area contributed by atoms with Crippen molar-refractivity contribution < 1.29 is 9.21 Å². The van der Waals surface area contributed by atoms with Gasteiger partial charge in [0.1, 0.15) is 5.76 Å². The molecule has 146 valence electrons. The monoisotopic (exact) mass is 530 g/mol. The summed E-state index contributed by atoms with van der Waals surface area (Å²) in [5, 5.41) is 0.674. The summed E-state index contributed by atoms with van der Waals surface area (Å²) in [5.74, 6) is 0.535. The molecule has 1 saturated heterocycles. The molecule has 1 amide bonds. The fourth-order valence-corrected chi connectivity index (χ4v) is 4.46. The molecule has 29 heavy (non-hydrogen) atoms. The number of amidine groups is 1. The minimum atomic E-state index is -0.0655. The first-order valence-corrected chi connectivity index (χ1v) is 11.3. The van der Waals surface area contributed by atoms with Crippen LogP contribution < -0.4 is 0 Å². The van der Waals surface area contributed by atoms with E-state index in [1.165, 1.54) is 17.3 Å². The lowest BCUT2D eigenvalue weighted by atomic mass is 10.1. The van der Waals surface area contributed by atoms with Crippen LogP contribution in [0.5, 0.6) is 0 Å². The molecule has 0 radical (unpaired) electrons. The average Bonchev–Trinajstić information content (AvgIpc) is 3.20. The van der Waals surface area contributed by atoms with Crippen LogP contribution in [-0.2, 0) is 11.2 Å². The van der Waals surface area contributed by atoms with E-state index in [1.54, 1.807) is 11.0 Å². The van der Waals surface area contributed by atoms with E-state index in [0.29, 0.717) is 27.0 Å². The predicted octanol–water partition coefficient (Wildman–Crippen LogP) is 6.65. The largest absolute Gasteiger partial charge is 0.449 e. The smallest absolute Gasteiger partial charge is 0.266 e. The Morgan fingerprint density at radius 3 is 2.38 bits per heavy atom. The minimum absolute atomic E-state index is 0.0655. The van der Waals surface area contributed by atoms with Gasteiger partial charge in [-0.15, -0.1) is 0 Å². The van der Waals surface area contributed by atoms with E-state index in [2.05, 4.69) is 44.0 Å². The van der Waals surface area contributed by atoms with Crippen LogP contribution in [0.25, 0.3) is 6.08 Å². The van der Waals surface area contributed by atoms with Crippen LogP contribution in [-0.4, -0.2) is 22.5 Å². The first-order chi connectivity index (χ1) is 14.1. The summed E-state index contributed by atoms with van der Waals surface area (Å²) in [5.41, 5.74) is 2.00. The van der Waals surface area contributed by atoms with Crippen LogP contribution in [0.4, 0.5) is 5.69 Å². The van der Waals surface area contributed by atoms with Gasteiger partial charge in [-0.1, -0.05) is 48.5 Å². The number of furan rings is 1. The molecule has 1 aliphatic rings. The Hall–Kier alpha value is -2.09. The molecule has 1 fully saturated rings. The van der Waals surface area contributed by atoms with Crippen molar-refractivity contribution in [2.45, 2.75) is 6.42 Å². The third-order valence-corrected chi connectivity index (χ3v) is 6.99. The van der Waals surface area contributed by atoms with E-state index in [4.69, 9.17) is 9.41 Å².